The molecule has 1 fully saturated rings. The molecule has 1 saturated heterocycles. The van der Waals surface area contributed by atoms with Crippen molar-refractivity contribution in [2.45, 2.75) is 32.2 Å². The zero-order valence-corrected chi connectivity index (χ0v) is 13.4. The molecule has 4 rings (SSSR count). The summed E-state index contributed by atoms with van der Waals surface area (Å²) in [5.41, 5.74) is 1.83. The molecule has 3 aromatic heterocycles. The summed E-state index contributed by atoms with van der Waals surface area (Å²) >= 11 is 0. The third kappa shape index (κ3) is 2.51. The Balaban J connectivity index is 1.92. The van der Waals surface area contributed by atoms with Gasteiger partial charge in [0, 0.05) is 12.4 Å². The topological polar surface area (TPSA) is 46.8 Å². The molecular formula is C18H21N5. The highest BCUT2D eigenvalue weighted by Gasteiger charge is 2.28. The van der Waals surface area contributed by atoms with Gasteiger partial charge in [-0.2, -0.15) is 0 Å². The van der Waals surface area contributed by atoms with E-state index < -0.39 is 0 Å². The van der Waals surface area contributed by atoms with Crippen molar-refractivity contribution in [3.8, 4) is 5.82 Å². The predicted molar refractivity (Wildman–Crippen MR) is 90.5 cm³/mol. The number of hydrogen-bond donors (Lipinski definition) is 0. The second-order valence-electron chi connectivity index (χ2n) is 5.98. The monoisotopic (exact) mass is 307 g/mol. The van der Waals surface area contributed by atoms with E-state index in [4.69, 9.17) is 4.98 Å². The maximum atomic E-state index is 4.93. The second kappa shape index (κ2) is 6.08. The third-order valence-corrected chi connectivity index (χ3v) is 4.64. The van der Waals surface area contributed by atoms with Gasteiger partial charge >= 0.3 is 0 Å². The van der Waals surface area contributed by atoms with Crippen molar-refractivity contribution < 1.29 is 0 Å². The number of pyridine rings is 2. The molecule has 5 heteroatoms. The van der Waals surface area contributed by atoms with Gasteiger partial charge in [0.05, 0.1) is 6.04 Å². The van der Waals surface area contributed by atoms with Crippen molar-refractivity contribution in [1.82, 2.24) is 24.4 Å². The first-order chi connectivity index (χ1) is 11.4. The van der Waals surface area contributed by atoms with Crippen LogP contribution in [0.3, 0.4) is 0 Å². The first-order valence-electron chi connectivity index (χ1n) is 8.37. The van der Waals surface area contributed by atoms with Crippen LogP contribution in [0.2, 0.25) is 0 Å². The molecule has 118 valence electrons. The van der Waals surface area contributed by atoms with E-state index in [0.717, 1.165) is 42.3 Å². The van der Waals surface area contributed by atoms with Gasteiger partial charge in [0.15, 0.2) is 5.65 Å². The van der Waals surface area contributed by atoms with Crippen LogP contribution in [0.4, 0.5) is 0 Å². The highest BCUT2D eigenvalue weighted by atomic mass is 15.2. The largest absolute Gasteiger partial charge is 0.294 e. The summed E-state index contributed by atoms with van der Waals surface area (Å²) in [5, 5.41) is 0. The molecule has 0 bridgehead atoms. The summed E-state index contributed by atoms with van der Waals surface area (Å²) in [6.45, 7) is 4.41. The lowest BCUT2D eigenvalue weighted by Gasteiger charge is -2.34. The van der Waals surface area contributed by atoms with Gasteiger partial charge in [0.1, 0.15) is 17.2 Å². The quantitative estimate of drug-likeness (QED) is 0.744. The molecule has 23 heavy (non-hydrogen) atoms. The Hall–Kier alpha value is -2.27. The van der Waals surface area contributed by atoms with Gasteiger partial charge in [-0.15, -0.1) is 0 Å². The average Bonchev–Trinajstić information content (AvgIpc) is 3.01. The van der Waals surface area contributed by atoms with Crippen LogP contribution in [0, 0.1) is 0 Å². The fraction of sp³-hybridized carbons (Fsp3) is 0.389. The molecular weight excluding hydrogens is 286 g/mol. The van der Waals surface area contributed by atoms with E-state index in [1.165, 1.54) is 12.8 Å². The fourth-order valence-corrected chi connectivity index (χ4v) is 3.53. The lowest BCUT2D eigenvalue weighted by Crippen LogP contribution is -2.34. The number of rotatable bonds is 3. The number of imidazole rings is 1. The van der Waals surface area contributed by atoms with Crippen molar-refractivity contribution in [2.75, 3.05) is 13.1 Å². The Morgan fingerprint density at radius 2 is 2.00 bits per heavy atom. The minimum Gasteiger partial charge on any atom is -0.294 e. The minimum absolute atomic E-state index is 0.338. The first kappa shape index (κ1) is 14.3. The second-order valence-corrected chi connectivity index (χ2v) is 5.98. The Morgan fingerprint density at radius 1 is 1.09 bits per heavy atom. The van der Waals surface area contributed by atoms with E-state index in [2.05, 4.69) is 26.4 Å². The maximum absolute atomic E-state index is 4.93. The minimum atomic E-state index is 0.338. The molecule has 0 spiro atoms. The predicted octanol–water partition coefficient (Wildman–Crippen LogP) is 3.36. The summed E-state index contributed by atoms with van der Waals surface area (Å²) < 4.78 is 2.13. The van der Waals surface area contributed by atoms with Crippen molar-refractivity contribution in [3.63, 3.8) is 0 Å². The van der Waals surface area contributed by atoms with Gasteiger partial charge in [-0.3, -0.25) is 9.47 Å². The molecule has 0 N–H and O–H groups in total. The molecule has 0 aliphatic carbocycles. The SMILES string of the molecule is CCN1CCCCC1c1nc2cccnc2n1-c1ccccn1. The van der Waals surface area contributed by atoms with E-state index in [0.29, 0.717) is 6.04 Å². The number of fused-ring (bicyclic) bond motifs is 1. The van der Waals surface area contributed by atoms with E-state index in [-0.39, 0.29) is 0 Å². The lowest BCUT2D eigenvalue weighted by molar-refractivity contribution is 0.149. The molecule has 0 aromatic carbocycles. The van der Waals surface area contributed by atoms with Crippen LogP contribution in [0.25, 0.3) is 17.0 Å². The van der Waals surface area contributed by atoms with E-state index in [1.54, 1.807) is 0 Å². The number of likely N-dealkylation sites (tertiary alicyclic amines) is 1. The molecule has 1 atom stereocenters. The Kier molecular flexibility index (Phi) is 3.79. The Labute approximate surface area is 136 Å². The molecule has 4 heterocycles. The summed E-state index contributed by atoms with van der Waals surface area (Å²) in [4.78, 5) is 16.6. The molecule has 1 aliphatic rings. The van der Waals surface area contributed by atoms with Gasteiger partial charge in [0.2, 0.25) is 0 Å². The van der Waals surface area contributed by atoms with Gasteiger partial charge in [0.25, 0.3) is 0 Å². The number of aromatic nitrogens is 4. The van der Waals surface area contributed by atoms with Crippen molar-refractivity contribution >= 4 is 11.2 Å². The van der Waals surface area contributed by atoms with E-state index >= 15 is 0 Å². The van der Waals surface area contributed by atoms with Crippen molar-refractivity contribution in [2.24, 2.45) is 0 Å². The Morgan fingerprint density at radius 3 is 2.83 bits per heavy atom. The molecule has 5 nitrogen and oxygen atoms in total. The van der Waals surface area contributed by atoms with Gasteiger partial charge in [-0.05, 0) is 50.2 Å². The summed E-state index contributed by atoms with van der Waals surface area (Å²) in [7, 11) is 0. The molecule has 0 radical (unpaired) electrons. The molecule has 0 saturated carbocycles. The molecule has 0 amide bonds. The van der Waals surface area contributed by atoms with Crippen LogP contribution in [0.15, 0.2) is 42.7 Å². The van der Waals surface area contributed by atoms with Crippen LogP contribution in [-0.4, -0.2) is 37.5 Å². The first-order valence-corrected chi connectivity index (χ1v) is 8.37. The van der Waals surface area contributed by atoms with Gasteiger partial charge in [-0.25, -0.2) is 15.0 Å². The molecule has 1 unspecified atom stereocenters. The zero-order valence-electron chi connectivity index (χ0n) is 13.4. The van der Waals surface area contributed by atoms with E-state index in [9.17, 15) is 0 Å². The van der Waals surface area contributed by atoms with Crippen LogP contribution >= 0.6 is 0 Å². The van der Waals surface area contributed by atoms with E-state index in [1.807, 2.05) is 42.7 Å². The normalized spacial score (nSPS) is 19.3. The van der Waals surface area contributed by atoms with Crippen molar-refractivity contribution in [3.05, 3.63) is 48.5 Å². The number of hydrogen-bond acceptors (Lipinski definition) is 4. The molecule has 1 aliphatic heterocycles. The van der Waals surface area contributed by atoms with Crippen LogP contribution < -0.4 is 0 Å². The average molecular weight is 307 g/mol. The lowest BCUT2D eigenvalue weighted by atomic mass is 10.0. The standard InChI is InChI=1S/C18H21N5/c1-2-22-13-6-4-9-15(22)18-21-14-8-7-12-20-17(14)23(18)16-10-3-5-11-19-16/h3,5,7-8,10-12,15H,2,4,6,9,13H2,1H3. The maximum Gasteiger partial charge on any atom is 0.165 e. The number of nitrogens with zero attached hydrogens (tertiary/aromatic N) is 5. The van der Waals surface area contributed by atoms with Crippen molar-refractivity contribution in [1.29, 1.82) is 0 Å². The summed E-state index contributed by atoms with van der Waals surface area (Å²) in [6.07, 6.45) is 7.31. The smallest absolute Gasteiger partial charge is 0.165 e. The Bertz CT molecular complexity index is 796. The zero-order chi connectivity index (χ0) is 15.6. The van der Waals surface area contributed by atoms with Gasteiger partial charge < -0.3 is 0 Å². The highest BCUT2D eigenvalue weighted by Crippen LogP contribution is 2.33. The third-order valence-electron chi connectivity index (χ3n) is 4.64. The van der Waals surface area contributed by atoms with Gasteiger partial charge in [-0.1, -0.05) is 19.4 Å². The fourth-order valence-electron chi connectivity index (χ4n) is 3.53. The molecule has 3 aromatic rings. The van der Waals surface area contributed by atoms with Crippen LogP contribution in [0.5, 0.6) is 0 Å². The number of piperidine rings is 1. The highest BCUT2D eigenvalue weighted by molar-refractivity contribution is 5.73. The summed E-state index contributed by atoms with van der Waals surface area (Å²) in [5.74, 6) is 1.96. The van der Waals surface area contributed by atoms with Crippen LogP contribution in [-0.2, 0) is 0 Å². The summed E-state index contributed by atoms with van der Waals surface area (Å²) in [6, 6.07) is 10.3. The van der Waals surface area contributed by atoms with Crippen LogP contribution in [0.1, 0.15) is 38.1 Å².